The summed E-state index contributed by atoms with van der Waals surface area (Å²) in [5.74, 6) is 2.58. The minimum absolute atomic E-state index is 0.486. The van der Waals surface area contributed by atoms with Gasteiger partial charge < -0.3 is 19.2 Å². The van der Waals surface area contributed by atoms with Crippen LogP contribution in [0.3, 0.4) is 0 Å². The van der Waals surface area contributed by atoms with Crippen molar-refractivity contribution in [3.8, 4) is 33.9 Å². The molecule has 7 nitrogen and oxygen atoms in total. The molecule has 0 aliphatic carbocycles. The van der Waals surface area contributed by atoms with Crippen molar-refractivity contribution in [2.24, 2.45) is 0 Å². The summed E-state index contributed by atoms with van der Waals surface area (Å²) in [6.45, 7) is 0. The van der Waals surface area contributed by atoms with E-state index in [-0.39, 0.29) is 0 Å². The molecule has 7 heteroatoms. The molecule has 3 heterocycles. The normalized spacial score (nSPS) is 10.8. The highest BCUT2D eigenvalue weighted by Crippen LogP contribution is 2.44. The third-order valence-electron chi connectivity index (χ3n) is 5.14. The molecule has 0 saturated heterocycles. The van der Waals surface area contributed by atoms with Gasteiger partial charge in [-0.05, 0) is 35.9 Å². The number of nitrogens with one attached hydrogen (secondary N) is 1. The first-order chi connectivity index (χ1) is 15.8. The Morgan fingerprint density at radius 2 is 1.59 bits per heavy atom. The van der Waals surface area contributed by atoms with Gasteiger partial charge in [0.05, 0.1) is 19.6 Å². The van der Waals surface area contributed by atoms with E-state index in [1.807, 2.05) is 60.7 Å². The Bertz CT molecular complexity index is 1370. The van der Waals surface area contributed by atoms with Crippen LogP contribution < -0.4 is 14.8 Å². The Morgan fingerprint density at radius 1 is 0.812 bits per heavy atom. The van der Waals surface area contributed by atoms with Crippen LogP contribution >= 0.6 is 0 Å². The van der Waals surface area contributed by atoms with E-state index in [2.05, 4.69) is 20.3 Å². The predicted octanol–water partition coefficient (Wildman–Crippen LogP) is 5.71. The number of anilines is 2. The SMILES string of the molecule is COc1ccc(-c2oc3ncnc(Nc4ccncc4)c3c2-c2ccccc2)cc1OC. The van der Waals surface area contributed by atoms with E-state index in [4.69, 9.17) is 13.9 Å². The van der Waals surface area contributed by atoms with E-state index >= 15 is 0 Å². The lowest BCUT2D eigenvalue weighted by atomic mass is 9.99. The molecule has 5 rings (SSSR count). The summed E-state index contributed by atoms with van der Waals surface area (Å²) in [4.78, 5) is 13.0. The molecule has 32 heavy (non-hydrogen) atoms. The van der Waals surface area contributed by atoms with E-state index in [0.717, 1.165) is 27.8 Å². The summed E-state index contributed by atoms with van der Waals surface area (Å²) in [5.41, 5.74) is 4.08. The number of hydrogen-bond donors (Lipinski definition) is 1. The van der Waals surface area contributed by atoms with Gasteiger partial charge in [0.15, 0.2) is 11.5 Å². The Morgan fingerprint density at radius 3 is 2.34 bits per heavy atom. The van der Waals surface area contributed by atoms with Crippen molar-refractivity contribution < 1.29 is 13.9 Å². The summed E-state index contributed by atoms with van der Waals surface area (Å²) in [6.07, 6.45) is 4.94. The molecular weight excluding hydrogens is 404 g/mol. The number of pyridine rings is 1. The Balaban J connectivity index is 1.76. The van der Waals surface area contributed by atoms with Gasteiger partial charge in [-0.1, -0.05) is 30.3 Å². The highest BCUT2D eigenvalue weighted by Gasteiger charge is 2.23. The highest BCUT2D eigenvalue weighted by molar-refractivity contribution is 6.06. The largest absolute Gasteiger partial charge is 0.493 e. The summed E-state index contributed by atoms with van der Waals surface area (Å²) < 4.78 is 17.2. The molecule has 0 saturated carbocycles. The van der Waals surface area contributed by atoms with Crippen molar-refractivity contribution in [3.05, 3.63) is 79.4 Å². The fourth-order valence-corrected chi connectivity index (χ4v) is 3.66. The topological polar surface area (TPSA) is 82.3 Å². The smallest absolute Gasteiger partial charge is 0.232 e. The second kappa shape index (κ2) is 8.39. The number of furan rings is 1. The first-order valence-corrected chi connectivity index (χ1v) is 10.0. The average molecular weight is 424 g/mol. The van der Waals surface area contributed by atoms with Gasteiger partial charge in [0, 0.05) is 29.2 Å². The number of ether oxygens (including phenoxy) is 2. The maximum atomic E-state index is 6.29. The van der Waals surface area contributed by atoms with Gasteiger partial charge in [-0.15, -0.1) is 0 Å². The third-order valence-corrected chi connectivity index (χ3v) is 5.14. The lowest BCUT2D eigenvalue weighted by Crippen LogP contribution is -1.96. The van der Waals surface area contributed by atoms with Crippen LogP contribution in [0.1, 0.15) is 0 Å². The number of rotatable bonds is 6. The molecule has 2 aromatic carbocycles. The first kappa shape index (κ1) is 19.6. The average Bonchev–Trinajstić information content (AvgIpc) is 3.25. The maximum absolute atomic E-state index is 6.29. The van der Waals surface area contributed by atoms with Crippen LogP contribution in [0, 0.1) is 0 Å². The van der Waals surface area contributed by atoms with Gasteiger partial charge in [-0.2, -0.15) is 0 Å². The number of fused-ring (bicyclic) bond motifs is 1. The van der Waals surface area contributed by atoms with Crippen LogP contribution in [0.2, 0.25) is 0 Å². The minimum atomic E-state index is 0.486. The Kier molecular flexibility index (Phi) is 5.13. The molecule has 158 valence electrons. The molecule has 0 bridgehead atoms. The van der Waals surface area contributed by atoms with Crippen molar-refractivity contribution in [3.63, 3.8) is 0 Å². The zero-order valence-electron chi connectivity index (χ0n) is 17.6. The first-order valence-electron chi connectivity index (χ1n) is 10.0. The third kappa shape index (κ3) is 3.50. The van der Waals surface area contributed by atoms with Gasteiger partial charge in [0.25, 0.3) is 0 Å². The molecule has 0 fully saturated rings. The van der Waals surface area contributed by atoms with E-state index in [1.165, 1.54) is 6.33 Å². The van der Waals surface area contributed by atoms with Crippen LogP contribution in [0.5, 0.6) is 11.5 Å². The van der Waals surface area contributed by atoms with Crippen LogP contribution in [-0.4, -0.2) is 29.2 Å². The van der Waals surface area contributed by atoms with Crippen molar-refractivity contribution in [1.82, 2.24) is 15.0 Å². The molecular formula is C25H20N4O3. The summed E-state index contributed by atoms with van der Waals surface area (Å²) >= 11 is 0. The molecule has 0 radical (unpaired) electrons. The zero-order chi connectivity index (χ0) is 21.9. The maximum Gasteiger partial charge on any atom is 0.232 e. The van der Waals surface area contributed by atoms with Crippen LogP contribution in [0.25, 0.3) is 33.6 Å². The molecule has 0 unspecified atom stereocenters. The zero-order valence-corrected chi connectivity index (χ0v) is 17.6. The molecule has 0 aliphatic rings. The fourth-order valence-electron chi connectivity index (χ4n) is 3.66. The fraction of sp³-hybridized carbons (Fsp3) is 0.0800. The molecule has 0 atom stereocenters. The molecule has 3 aromatic heterocycles. The van der Waals surface area contributed by atoms with Crippen LogP contribution in [0.4, 0.5) is 11.5 Å². The number of benzene rings is 2. The van der Waals surface area contributed by atoms with E-state index in [1.54, 1.807) is 26.6 Å². The molecule has 0 aliphatic heterocycles. The predicted molar refractivity (Wildman–Crippen MR) is 123 cm³/mol. The highest BCUT2D eigenvalue weighted by atomic mass is 16.5. The van der Waals surface area contributed by atoms with Gasteiger partial charge in [-0.3, -0.25) is 4.98 Å². The number of methoxy groups -OCH3 is 2. The Labute approximate surface area is 184 Å². The molecule has 0 spiro atoms. The van der Waals surface area contributed by atoms with Gasteiger partial charge >= 0.3 is 0 Å². The number of hydrogen-bond acceptors (Lipinski definition) is 7. The van der Waals surface area contributed by atoms with Crippen LogP contribution in [-0.2, 0) is 0 Å². The van der Waals surface area contributed by atoms with E-state index in [0.29, 0.717) is 28.8 Å². The summed E-state index contributed by atoms with van der Waals surface area (Å²) in [7, 11) is 3.22. The van der Waals surface area contributed by atoms with E-state index in [9.17, 15) is 0 Å². The number of aromatic nitrogens is 3. The van der Waals surface area contributed by atoms with Crippen molar-refractivity contribution in [1.29, 1.82) is 0 Å². The van der Waals surface area contributed by atoms with E-state index < -0.39 is 0 Å². The summed E-state index contributed by atoms with van der Waals surface area (Å²) in [6, 6.07) is 19.5. The van der Waals surface area contributed by atoms with Crippen molar-refractivity contribution >= 4 is 22.6 Å². The minimum Gasteiger partial charge on any atom is -0.493 e. The van der Waals surface area contributed by atoms with Crippen molar-refractivity contribution in [2.75, 3.05) is 19.5 Å². The second-order valence-corrected chi connectivity index (χ2v) is 7.01. The molecule has 1 N–H and O–H groups in total. The Hall–Kier alpha value is -4.39. The van der Waals surface area contributed by atoms with Crippen molar-refractivity contribution in [2.45, 2.75) is 0 Å². The van der Waals surface area contributed by atoms with Gasteiger partial charge in [0.2, 0.25) is 5.71 Å². The van der Waals surface area contributed by atoms with Gasteiger partial charge in [-0.25, -0.2) is 9.97 Å². The lowest BCUT2D eigenvalue weighted by Gasteiger charge is -2.10. The van der Waals surface area contributed by atoms with Gasteiger partial charge in [0.1, 0.15) is 17.9 Å². The standard InChI is InChI=1S/C25H20N4O3/c1-30-19-9-8-17(14-20(19)31-2)23-21(16-6-4-3-5-7-16)22-24(27-15-28-25(22)32-23)29-18-10-12-26-13-11-18/h3-15H,1-2H3,(H,26,27,28,29). The van der Waals surface area contributed by atoms with Crippen LogP contribution in [0.15, 0.2) is 83.8 Å². The lowest BCUT2D eigenvalue weighted by molar-refractivity contribution is 0.355. The second-order valence-electron chi connectivity index (χ2n) is 7.01. The number of nitrogens with zero attached hydrogens (tertiary/aromatic N) is 3. The monoisotopic (exact) mass is 424 g/mol. The quantitative estimate of drug-likeness (QED) is 0.374. The molecule has 5 aromatic rings. The molecule has 0 amide bonds. The summed E-state index contributed by atoms with van der Waals surface area (Å²) in [5, 5.41) is 4.16.